The average molecular weight is 264 g/mol. The zero-order valence-corrected chi connectivity index (χ0v) is 11.5. The molecule has 0 fully saturated rings. The van der Waals surface area contributed by atoms with Gasteiger partial charge in [-0.1, -0.05) is 25.1 Å². The predicted octanol–water partition coefficient (Wildman–Crippen LogP) is 2.25. The first-order chi connectivity index (χ1) is 8.97. The van der Waals surface area contributed by atoms with Gasteiger partial charge < -0.3 is 10.4 Å². The first kappa shape index (κ1) is 15.0. The van der Waals surface area contributed by atoms with E-state index in [1.165, 1.54) is 0 Å². The second kappa shape index (κ2) is 6.78. The number of hydrogen-bond acceptors (Lipinski definition) is 2. The highest BCUT2D eigenvalue weighted by Crippen LogP contribution is 2.19. The van der Waals surface area contributed by atoms with Crippen molar-refractivity contribution in [2.24, 2.45) is 5.92 Å². The summed E-state index contributed by atoms with van der Waals surface area (Å²) in [6.07, 6.45) is 0. The molecule has 5 heteroatoms. The van der Waals surface area contributed by atoms with E-state index >= 15 is 0 Å². The standard InChI is InChI=1S/C14H20N2O3/c1-4-16(12-8-6-5-7-10(12)2)14(19)15-9-11(3)13(17)18/h5-8,11H,4,9H2,1-3H3,(H,15,19)(H,17,18). The number of aliphatic carboxylic acids is 1. The first-order valence-electron chi connectivity index (χ1n) is 6.31. The molecule has 1 rings (SSSR count). The number of amides is 2. The Hall–Kier alpha value is -2.04. The molecule has 5 nitrogen and oxygen atoms in total. The molecule has 0 saturated heterocycles. The second-order valence-corrected chi connectivity index (χ2v) is 4.46. The van der Waals surface area contributed by atoms with Crippen molar-refractivity contribution in [1.82, 2.24) is 5.32 Å². The number of para-hydroxylation sites is 1. The van der Waals surface area contributed by atoms with Gasteiger partial charge in [-0.25, -0.2) is 4.79 Å². The van der Waals surface area contributed by atoms with Crippen molar-refractivity contribution in [3.05, 3.63) is 29.8 Å². The van der Waals surface area contributed by atoms with Crippen LogP contribution in [0.2, 0.25) is 0 Å². The van der Waals surface area contributed by atoms with Crippen LogP contribution in [0.3, 0.4) is 0 Å². The van der Waals surface area contributed by atoms with E-state index in [1.807, 2.05) is 38.1 Å². The van der Waals surface area contributed by atoms with E-state index in [0.717, 1.165) is 11.3 Å². The molecule has 0 aliphatic carbocycles. The Morgan fingerprint density at radius 1 is 1.37 bits per heavy atom. The molecule has 1 atom stereocenters. The van der Waals surface area contributed by atoms with E-state index in [9.17, 15) is 9.59 Å². The summed E-state index contributed by atoms with van der Waals surface area (Å²) < 4.78 is 0. The lowest BCUT2D eigenvalue weighted by atomic mass is 10.2. The quantitative estimate of drug-likeness (QED) is 0.857. The van der Waals surface area contributed by atoms with Gasteiger partial charge in [0.25, 0.3) is 0 Å². The molecule has 104 valence electrons. The van der Waals surface area contributed by atoms with Crippen LogP contribution < -0.4 is 10.2 Å². The van der Waals surface area contributed by atoms with E-state index in [0.29, 0.717) is 6.54 Å². The summed E-state index contributed by atoms with van der Waals surface area (Å²) in [7, 11) is 0. The van der Waals surface area contributed by atoms with Gasteiger partial charge in [-0.15, -0.1) is 0 Å². The molecule has 0 aromatic heterocycles. The number of rotatable bonds is 5. The van der Waals surface area contributed by atoms with E-state index in [1.54, 1.807) is 11.8 Å². The van der Waals surface area contributed by atoms with Crippen molar-refractivity contribution in [3.8, 4) is 0 Å². The average Bonchev–Trinajstić information content (AvgIpc) is 2.38. The monoisotopic (exact) mass is 264 g/mol. The molecule has 0 heterocycles. The maximum atomic E-state index is 12.1. The molecule has 0 bridgehead atoms. The summed E-state index contributed by atoms with van der Waals surface area (Å²) in [4.78, 5) is 24.4. The summed E-state index contributed by atoms with van der Waals surface area (Å²) >= 11 is 0. The number of hydrogen-bond donors (Lipinski definition) is 2. The third kappa shape index (κ3) is 3.98. The Morgan fingerprint density at radius 2 is 2.00 bits per heavy atom. The van der Waals surface area contributed by atoms with Gasteiger partial charge in [0.2, 0.25) is 0 Å². The van der Waals surface area contributed by atoms with Crippen molar-refractivity contribution < 1.29 is 14.7 Å². The molecule has 2 N–H and O–H groups in total. The molecular formula is C14H20N2O3. The Morgan fingerprint density at radius 3 is 2.53 bits per heavy atom. The van der Waals surface area contributed by atoms with Crippen LogP contribution in [0.15, 0.2) is 24.3 Å². The molecule has 0 aliphatic heterocycles. The van der Waals surface area contributed by atoms with Gasteiger partial charge in [0, 0.05) is 18.8 Å². The topological polar surface area (TPSA) is 69.6 Å². The Bertz CT molecular complexity index is 460. The number of carboxylic acids is 1. The van der Waals surface area contributed by atoms with Crippen LogP contribution in [-0.2, 0) is 4.79 Å². The van der Waals surface area contributed by atoms with Gasteiger partial charge in [-0.3, -0.25) is 9.69 Å². The highest BCUT2D eigenvalue weighted by Gasteiger charge is 2.17. The number of carbonyl (C=O) groups is 2. The minimum Gasteiger partial charge on any atom is -0.481 e. The lowest BCUT2D eigenvalue weighted by Gasteiger charge is -2.23. The van der Waals surface area contributed by atoms with E-state index in [-0.39, 0.29) is 12.6 Å². The van der Waals surface area contributed by atoms with Crippen molar-refractivity contribution in [2.45, 2.75) is 20.8 Å². The van der Waals surface area contributed by atoms with E-state index in [2.05, 4.69) is 5.32 Å². The lowest BCUT2D eigenvalue weighted by molar-refractivity contribution is -0.140. The first-order valence-corrected chi connectivity index (χ1v) is 6.31. The van der Waals surface area contributed by atoms with Crippen LogP contribution in [0.1, 0.15) is 19.4 Å². The number of nitrogens with zero attached hydrogens (tertiary/aromatic N) is 1. The third-order valence-electron chi connectivity index (χ3n) is 2.95. The van der Waals surface area contributed by atoms with Gasteiger partial charge in [-0.05, 0) is 25.5 Å². The summed E-state index contributed by atoms with van der Waals surface area (Å²) in [6.45, 7) is 6.03. The van der Waals surface area contributed by atoms with Gasteiger partial charge in [0.05, 0.1) is 5.92 Å². The van der Waals surface area contributed by atoms with Crippen LogP contribution in [0, 0.1) is 12.8 Å². The smallest absolute Gasteiger partial charge is 0.321 e. The molecule has 0 radical (unpaired) electrons. The van der Waals surface area contributed by atoms with Crippen LogP contribution in [0.25, 0.3) is 0 Å². The summed E-state index contributed by atoms with van der Waals surface area (Å²) in [5, 5.41) is 11.4. The van der Waals surface area contributed by atoms with Crippen LogP contribution in [0.5, 0.6) is 0 Å². The van der Waals surface area contributed by atoms with Crippen LogP contribution in [0.4, 0.5) is 10.5 Å². The van der Waals surface area contributed by atoms with Crippen molar-refractivity contribution in [1.29, 1.82) is 0 Å². The lowest BCUT2D eigenvalue weighted by Crippen LogP contribution is -2.42. The molecule has 0 spiro atoms. The summed E-state index contributed by atoms with van der Waals surface area (Å²) in [6, 6.07) is 7.32. The maximum Gasteiger partial charge on any atom is 0.321 e. The fraction of sp³-hybridized carbons (Fsp3) is 0.429. The largest absolute Gasteiger partial charge is 0.481 e. The number of nitrogens with one attached hydrogen (secondary N) is 1. The fourth-order valence-electron chi connectivity index (χ4n) is 1.71. The Balaban J connectivity index is 2.73. The molecule has 1 aromatic carbocycles. The molecule has 1 unspecified atom stereocenters. The van der Waals surface area contributed by atoms with Gasteiger partial charge in [-0.2, -0.15) is 0 Å². The highest BCUT2D eigenvalue weighted by atomic mass is 16.4. The molecule has 0 aliphatic rings. The third-order valence-corrected chi connectivity index (χ3v) is 2.95. The van der Waals surface area contributed by atoms with Crippen molar-refractivity contribution in [3.63, 3.8) is 0 Å². The maximum absolute atomic E-state index is 12.1. The molecule has 19 heavy (non-hydrogen) atoms. The summed E-state index contributed by atoms with van der Waals surface area (Å²) in [5.74, 6) is -1.52. The van der Waals surface area contributed by atoms with Crippen LogP contribution in [-0.4, -0.2) is 30.2 Å². The number of aryl methyl sites for hydroxylation is 1. The van der Waals surface area contributed by atoms with Crippen molar-refractivity contribution in [2.75, 3.05) is 18.0 Å². The zero-order chi connectivity index (χ0) is 14.4. The Labute approximate surface area is 113 Å². The molecule has 2 amide bonds. The molecular weight excluding hydrogens is 244 g/mol. The van der Waals surface area contributed by atoms with E-state index in [4.69, 9.17) is 5.11 Å². The van der Waals surface area contributed by atoms with Gasteiger partial charge >= 0.3 is 12.0 Å². The predicted molar refractivity (Wildman–Crippen MR) is 74.4 cm³/mol. The normalized spacial score (nSPS) is 11.7. The molecule has 1 aromatic rings. The Kier molecular flexibility index (Phi) is 5.36. The zero-order valence-electron chi connectivity index (χ0n) is 11.5. The van der Waals surface area contributed by atoms with E-state index < -0.39 is 11.9 Å². The number of carbonyl (C=O) groups excluding carboxylic acids is 1. The minimum atomic E-state index is -0.917. The minimum absolute atomic E-state index is 0.122. The highest BCUT2D eigenvalue weighted by molar-refractivity contribution is 5.92. The number of urea groups is 1. The van der Waals surface area contributed by atoms with Gasteiger partial charge in [0.1, 0.15) is 0 Å². The SMILES string of the molecule is CCN(C(=O)NCC(C)C(=O)O)c1ccccc1C. The fourth-order valence-corrected chi connectivity index (χ4v) is 1.71. The second-order valence-electron chi connectivity index (χ2n) is 4.46. The number of anilines is 1. The van der Waals surface area contributed by atoms with Gasteiger partial charge in [0.15, 0.2) is 0 Å². The summed E-state index contributed by atoms with van der Waals surface area (Å²) in [5.41, 5.74) is 1.84. The van der Waals surface area contributed by atoms with Crippen LogP contribution >= 0.6 is 0 Å². The number of benzene rings is 1. The number of carboxylic acid groups (broad SMARTS) is 1. The van der Waals surface area contributed by atoms with Crippen molar-refractivity contribution >= 4 is 17.7 Å². The molecule has 0 saturated carbocycles.